The number of nitro groups is 1. The molecule has 1 aliphatic rings. The van der Waals surface area contributed by atoms with Crippen molar-refractivity contribution in [2.75, 3.05) is 31.2 Å². The molecule has 6 nitrogen and oxygen atoms in total. The molecule has 1 saturated heterocycles. The minimum atomic E-state index is -0.728. The fourth-order valence-corrected chi connectivity index (χ4v) is 2.55. The maximum atomic E-state index is 14.0. The number of hydrogen-bond acceptors (Lipinski definition) is 5. The van der Waals surface area contributed by atoms with E-state index in [1.54, 1.807) is 4.90 Å². The molecule has 3 rings (SSSR count). The molecular formula is C15H13F2N3O3. The normalized spacial score (nSPS) is 14.8. The first-order chi connectivity index (χ1) is 11.1. The van der Waals surface area contributed by atoms with Gasteiger partial charge in [-0.3, -0.25) is 10.1 Å². The first kappa shape index (κ1) is 15.3. The van der Waals surface area contributed by atoms with E-state index in [2.05, 4.69) is 4.98 Å². The highest BCUT2D eigenvalue weighted by atomic mass is 19.1. The lowest BCUT2D eigenvalue weighted by Gasteiger charge is -2.27. The van der Waals surface area contributed by atoms with Crippen molar-refractivity contribution in [3.8, 4) is 11.1 Å². The number of ether oxygens (including phenoxy) is 1. The number of benzene rings is 1. The second-order valence-electron chi connectivity index (χ2n) is 5.01. The van der Waals surface area contributed by atoms with Gasteiger partial charge in [-0.1, -0.05) is 0 Å². The number of nitrogens with zero attached hydrogens (tertiary/aromatic N) is 3. The summed E-state index contributed by atoms with van der Waals surface area (Å²) in [4.78, 5) is 16.7. The number of hydrogen-bond donors (Lipinski definition) is 0. The quantitative estimate of drug-likeness (QED) is 0.642. The molecule has 1 aromatic carbocycles. The third kappa shape index (κ3) is 2.98. The van der Waals surface area contributed by atoms with E-state index in [4.69, 9.17) is 4.74 Å². The van der Waals surface area contributed by atoms with Gasteiger partial charge in [-0.05, 0) is 24.3 Å². The van der Waals surface area contributed by atoms with Gasteiger partial charge in [-0.2, -0.15) is 0 Å². The van der Waals surface area contributed by atoms with Crippen LogP contribution in [-0.2, 0) is 4.74 Å². The van der Waals surface area contributed by atoms with E-state index in [1.807, 2.05) is 0 Å². The summed E-state index contributed by atoms with van der Waals surface area (Å²) in [6.45, 7) is 1.75. The first-order valence-electron chi connectivity index (χ1n) is 6.99. The Bertz CT molecular complexity index is 749. The van der Waals surface area contributed by atoms with Crippen LogP contribution in [0.2, 0.25) is 0 Å². The van der Waals surface area contributed by atoms with Crippen molar-refractivity contribution in [2.45, 2.75) is 0 Å². The van der Waals surface area contributed by atoms with Crippen molar-refractivity contribution in [1.82, 2.24) is 4.98 Å². The second kappa shape index (κ2) is 6.25. The Balaban J connectivity index is 2.17. The number of aromatic nitrogens is 1. The number of pyridine rings is 1. The molecule has 0 bridgehead atoms. The lowest BCUT2D eigenvalue weighted by Crippen LogP contribution is -2.37. The number of anilines is 1. The fourth-order valence-electron chi connectivity index (χ4n) is 2.55. The van der Waals surface area contributed by atoms with Gasteiger partial charge in [-0.15, -0.1) is 0 Å². The fraction of sp³-hybridized carbons (Fsp3) is 0.267. The third-order valence-electron chi connectivity index (χ3n) is 3.62. The molecule has 8 heteroatoms. The van der Waals surface area contributed by atoms with Crippen LogP contribution >= 0.6 is 0 Å². The summed E-state index contributed by atoms with van der Waals surface area (Å²) < 4.78 is 32.7. The Morgan fingerprint density at radius 1 is 1.17 bits per heavy atom. The van der Waals surface area contributed by atoms with Crippen molar-refractivity contribution < 1.29 is 18.4 Å². The van der Waals surface area contributed by atoms with Gasteiger partial charge >= 0.3 is 5.69 Å². The van der Waals surface area contributed by atoms with E-state index in [9.17, 15) is 18.9 Å². The number of rotatable bonds is 3. The average Bonchev–Trinajstić information content (AvgIpc) is 2.57. The smallest absolute Gasteiger partial charge is 0.319 e. The van der Waals surface area contributed by atoms with Crippen LogP contribution in [0.1, 0.15) is 0 Å². The molecule has 0 saturated carbocycles. The molecule has 1 aromatic heterocycles. The van der Waals surface area contributed by atoms with Crippen molar-refractivity contribution in [2.24, 2.45) is 0 Å². The van der Waals surface area contributed by atoms with Gasteiger partial charge in [0.05, 0.1) is 23.7 Å². The zero-order valence-corrected chi connectivity index (χ0v) is 12.0. The van der Waals surface area contributed by atoms with Crippen LogP contribution in [0.15, 0.2) is 30.5 Å². The van der Waals surface area contributed by atoms with Gasteiger partial charge in [0, 0.05) is 24.8 Å². The van der Waals surface area contributed by atoms with Crippen LogP contribution < -0.4 is 4.90 Å². The minimum Gasteiger partial charge on any atom is -0.378 e. The van der Waals surface area contributed by atoms with Gasteiger partial charge in [0.1, 0.15) is 11.6 Å². The standard InChI is InChI=1S/C15H13F2N3O3/c16-10-1-2-13(17)12(9-10)11-3-4-18-15(14(11)20(21)22)19-5-7-23-8-6-19/h1-4,9H,5-8H2. The van der Waals surface area contributed by atoms with Gasteiger partial charge in [0.15, 0.2) is 0 Å². The Morgan fingerprint density at radius 3 is 2.61 bits per heavy atom. The summed E-state index contributed by atoms with van der Waals surface area (Å²) in [5, 5.41) is 11.5. The van der Waals surface area contributed by atoms with E-state index < -0.39 is 16.6 Å². The van der Waals surface area contributed by atoms with Gasteiger partial charge in [0.25, 0.3) is 0 Å². The van der Waals surface area contributed by atoms with Crippen LogP contribution in [0.4, 0.5) is 20.3 Å². The van der Waals surface area contributed by atoms with Crippen molar-refractivity contribution in [1.29, 1.82) is 0 Å². The summed E-state index contributed by atoms with van der Waals surface area (Å²) in [7, 11) is 0. The highest BCUT2D eigenvalue weighted by molar-refractivity contribution is 5.80. The van der Waals surface area contributed by atoms with Crippen molar-refractivity contribution in [3.05, 3.63) is 52.2 Å². The summed E-state index contributed by atoms with van der Waals surface area (Å²) >= 11 is 0. The summed E-state index contributed by atoms with van der Waals surface area (Å²) in [5.41, 5.74) is -0.490. The van der Waals surface area contributed by atoms with Gasteiger partial charge < -0.3 is 9.64 Å². The maximum Gasteiger partial charge on any atom is 0.319 e. The highest BCUT2D eigenvalue weighted by Crippen LogP contribution is 2.38. The SMILES string of the molecule is O=[N+]([O-])c1c(-c2cc(F)ccc2F)ccnc1N1CCOCC1. The average molecular weight is 321 g/mol. The van der Waals surface area contributed by atoms with Gasteiger partial charge in [0.2, 0.25) is 5.82 Å². The summed E-state index contributed by atoms with van der Waals surface area (Å²) in [6, 6.07) is 4.18. The lowest BCUT2D eigenvalue weighted by atomic mass is 10.0. The van der Waals surface area contributed by atoms with Crippen molar-refractivity contribution in [3.63, 3.8) is 0 Å². The van der Waals surface area contributed by atoms with E-state index in [0.29, 0.717) is 26.3 Å². The predicted octanol–water partition coefficient (Wildman–Crippen LogP) is 2.77. The molecule has 0 amide bonds. The molecule has 120 valence electrons. The largest absolute Gasteiger partial charge is 0.378 e. The van der Waals surface area contributed by atoms with Crippen molar-refractivity contribution >= 4 is 11.5 Å². The van der Waals surface area contributed by atoms with Gasteiger partial charge in [-0.25, -0.2) is 13.8 Å². The molecule has 0 unspecified atom stereocenters. The maximum absolute atomic E-state index is 14.0. The molecule has 0 N–H and O–H groups in total. The zero-order chi connectivity index (χ0) is 16.4. The van der Waals surface area contributed by atoms with E-state index in [-0.39, 0.29) is 22.6 Å². The second-order valence-corrected chi connectivity index (χ2v) is 5.01. The lowest BCUT2D eigenvalue weighted by molar-refractivity contribution is -0.383. The molecular weight excluding hydrogens is 308 g/mol. The first-order valence-corrected chi connectivity index (χ1v) is 6.99. The highest BCUT2D eigenvalue weighted by Gasteiger charge is 2.28. The van der Waals surface area contributed by atoms with E-state index >= 15 is 0 Å². The Hall–Kier alpha value is -2.61. The molecule has 0 radical (unpaired) electrons. The van der Waals surface area contributed by atoms with Crippen LogP contribution in [0, 0.1) is 21.7 Å². The Kier molecular flexibility index (Phi) is 4.16. The number of halogens is 2. The van der Waals surface area contributed by atoms with Crippen LogP contribution in [0.5, 0.6) is 0 Å². The summed E-state index contributed by atoms with van der Waals surface area (Å²) in [6.07, 6.45) is 1.36. The predicted molar refractivity (Wildman–Crippen MR) is 79.3 cm³/mol. The van der Waals surface area contributed by atoms with E-state index in [0.717, 1.165) is 18.2 Å². The molecule has 2 aromatic rings. The Labute approximate surface area is 130 Å². The molecule has 2 heterocycles. The Morgan fingerprint density at radius 2 is 1.91 bits per heavy atom. The molecule has 0 aliphatic carbocycles. The van der Waals surface area contributed by atoms with Crippen LogP contribution in [0.25, 0.3) is 11.1 Å². The number of morpholine rings is 1. The zero-order valence-electron chi connectivity index (χ0n) is 12.0. The van der Waals surface area contributed by atoms with E-state index in [1.165, 1.54) is 12.3 Å². The molecule has 23 heavy (non-hydrogen) atoms. The topological polar surface area (TPSA) is 68.5 Å². The molecule has 0 atom stereocenters. The van der Waals surface area contributed by atoms with Crippen LogP contribution in [-0.4, -0.2) is 36.2 Å². The van der Waals surface area contributed by atoms with Crippen LogP contribution in [0.3, 0.4) is 0 Å². The molecule has 1 fully saturated rings. The third-order valence-corrected chi connectivity index (χ3v) is 3.62. The summed E-state index contributed by atoms with van der Waals surface area (Å²) in [5.74, 6) is -1.26. The molecule has 0 spiro atoms. The minimum absolute atomic E-state index is 0.00323. The molecule has 1 aliphatic heterocycles. The monoisotopic (exact) mass is 321 g/mol.